The molecule has 1 atom stereocenters. The molecule has 2 rings (SSSR count). The van der Waals surface area contributed by atoms with Crippen LogP contribution in [0.15, 0.2) is 52.3 Å². The minimum Gasteiger partial charge on any atom is -0.397 e. The zero-order chi connectivity index (χ0) is 12.4. The van der Waals surface area contributed by atoms with Gasteiger partial charge in [-0.1, -0.05) is 29.3 Å². The summed E-state index contributed by atoms with van der Waals surface area (Å²) in [4.78, 5) is 1.42. The summed E-state index contributed by atoms with van der Waals surface area (Å²) in [7, 11) is -1.21. The van der Waals surface area contributed by atoms with Gasteiger partial charge in [0.2, 0.25) is 0 Å². The van der Waals surface area contributed by atoms with E-state index in [2.05, 4.69) is 0 Å². The van der Waals surface area contributed by atoms with Gasteiger partial charge >= 0.3 is 0 Å². The van der Waals surface area contributed by atoms with Crippen LogP contribution in [0.5, 0.6) is 0 Å². The lowest BCUT2D eigenvalue weighted by Gasteiger charge is -2.05. The monoisotopic (exact) mass is 265 g/mol. The van der Waals surface area contributed by atoms with Crippen LogP contribution in [0.1, 0.15) is 5.56 Å². The van der Waals surface area contributed by atoms with Crippen molar-refractivity contribution in [3.63, 3.8) is 0 Å². The number of aryl methyl sites for hydroxylation is 1. The second-order valence-electron chi connectivity index (χ2n) is 3.77. The van der Waals surface area contributed by atoms with Crippen LogP contribution in [0.4, 0.5) is 5.69 Å². The van der Waals surface area contributed by atoms with Gasteiger partial charge in [-0.3, -0.25) is 0 Å². The lowest BCUT2D eigenvalue weighted by atomic mass is 10.2. The van der Waals surface area contributed by atoms with Crippen LogP contribution >= 0.6 is 11.6 Å². The molecule has 0 saturated heterocycles. The Bertz CT molecular complexity index is 566. The highest BCUT2D eigenvalue weighted by Crippen LogP contribution is 2.24. The minimum atomic E-state index is -1.21. The maximum absolute atomic E-state index is 12.2. The highest BCUT2D eigenvalue weighted by Gasteiger charge is 2.08. The molecule has 4 heteroatoms. The molecule has 0 aliphatic rings. The molecule has 0 heterocycles. The Balaban J connectivity index is 2.37. The number of rotatable bonds is 2. The molecule has 17 heavy (non-hydrogen) atoms. The number of hydrogen-bond acceptors (Lipinski definition) is 2. The quantitative estimate of drug-likeness (QED) is 0.846. The zero-order valence-electron chi connectivity index (χ0n) is 9.31. The van der Waals surface area contributed by atoms with Crippen molar-refractivity contribution in [2.45, 2.75) is 16.7 Å². The van der Waals surface area contributed by atoms with Crippen molar-refractivity contribution >= 4 is 28.1 Å². The number of benzene rings is 2. The maximum atomic E-state index is 12.2. The summed E-state index contributed by atoms with van der Waals surface area (Å²) in [6.07, 6.45) is 0. The van der Waals surface area contributed by atoms with Gasteiger partial charge in [0.1, 0.15) is 0 Å². The molecule has 2 nitrogen and oxygen atoms in total. The average molecular weight is 266 g/mol. The molecule has 0 aromatic heterocycles. The van der Waals surface area contributed by atoms with Gasteiger partial charge in [0.15, 0.2) is 0 Å². The molecular weight excluding hydrogens is 254 g/mol. The molecule has 0 spiro atoms. The number of nitrogen functional groups attached to an aromatic ring is 1. The zero-order valence-corrected chi connectivity index (χ0v) is 10.9. The molecule has 0 fully saturated rings. The maximum Gasteiger partial charge on any atom is 0.0850 e. The van der Waals surface area contributed by atoms with Crippen molar-refractivity contribution in [1.29, 1.82) is 0 Å². The van der Waals surface area contributed by atoms with Crippen molar-refractivity contribution < 1.29 is 4.21 Å². The lowest BCUT2D eigenvalue weighted by Crippen LogP contribution is -1.95. The average Bonchev–Trinajstić information content (AvgIpc) is 2.33. The van der Waals surface area contributed by atoms with Crippen LogP contribution in [0.25, 0.3) is 0 Å². The van der Waals surface area contributed by atoms with E-state index in [1.165, 1.54) is 0 Å². The molecule has 1 unspecified atom stereocenters. The normalized spacial score (nSPS) is 12.4. The Morgan fingerprint density at radius 2 is 1.65 bits per heavy atom. The fourth-order valence-corrected chi connectivity index (χ4v) is 2.63. The van der Waals surface area contributed by atoms with Crippen LogP contribution in [-0.4, -0.2) is 4.21 Å². The van der Waals surface area contributed by atoms with Crippen molar-refractivity contribution in [1.82, 2.24) is 0 Å². The Labute approximate surface area is 108 Å². The SMILES string of the molecule is Cc1ccc(S(=O)c2ccc(Cl)c(N)c2)cc1. The van der Waals surface area contributed by atoms with E-state index < -0.39 is 10.8 Å². The summed E-state index contributed by atoms with van der Waals surface area (Å²) in [5.74, 6) is 0. The fourth-order valence-electron chi connectivity index (χ4n) is 1.44. The van der Waals surface area contributed by atoms with Crippen molar-refractivity contribution in [2.75, 3.05) is 5.73 Å². The predicted octanol–water partition coefficient (Wildman–Crippen LogP) is 3.40. The molecule has 2 aromatic rings. The van der Waals surface area contributed by atoms with Crippen LogP contribution in [-0.2, 0) is 10.8 Å². The first kappa shape index (κ1) is 12.1. The Kier molecular flexibility index (Phi) is 3.50. The van der Waals surface area contributed by atoms with E-state index in [0.717, 1.165) is 10.5 Å². The highest BCUT2D eigenvalue weighted by molar-refractivity contribution is 7.85. The molecule has 0 bridgehead atoms. The van der Waals surface area contributed by atoms with Gasteiger partial charge in [-0.2, -0.15) is 0 Å². The van der Waals surface area contributed by atoms with Gasteiger partial charge in [0.25, 0.3) is 0 Å². The van der Waals surface area contributed by atoms with Crippen LogP contribution < -0.4 is 5.73 Å². The summed E-state index contributed by atoms with van der Waals surface area (Å²) >= 11 is 5.83. The lowest BCUT2D eigenvalue weighted by molar-refractivity contribution is 0.683. The molecule has 0 saturated carbocycles. The standard InChI is InChI=1S/C13H12ClNOS/c1-9-2-4-10(5-3-9)17(16)11-6-7-12(14)13(15)8-11/h2-8H,15H2,1H3. The third-order valence-corrected chi connectivity index (χ3v) is 4.14. The van der Waals surface area contributed by atoms with Crippen LogP contribution in [0.3, 0.4) is 0 Å². The van der Waals surface area contributed by atoms with E-state index in [9.17, 15) is 4.21 Å². The molecule has 0 aliphatic heterocycles. The third-order valence-electron chi connectivity index (χ3n) is 2.42. The first-order chi connectivity index (χ1) is 8.08. The predicted molar refractivity (Wildman–Crippen MR) is 71.7 cm³/mol. The van der Waals surface area contributed by atoms with Crippen LogP contribution in [0.2, 0.25) is 5.02 Å². The molecule has 0 amide bonds. The van der Waals surface area contributed by atoms with Gasteiger partial charge in [-0.25, -0.2) is 4.21 Å². The molecular formula is C13H12ClNOS. The first-order valence-corrected chi connectivity index (χ1v) is 6.64. The smallest absolute Gasteiger partial charge is 0.0850 e. The molecule has 2 N–H and O–H groups in total. The summed E-state index contributed by atoms with van der Waals surface area (Å²) < 4.78 is 12.2. The highest BCUT2D eigenvalue weighted by atomic mass is 35.5. The van der Waals surface area contributed by atoms with Crippen molar-refractivity contribution in [2.24, 2.45) is 0 Å². The summed E-state index contributed by atoms with van der Waals surface area (Å²) in [5.41, 5.74) is 7.28. The Hall–Kier alpha value is -1.32. The summed E-state index contributed by atoms with van der Waals surface area (Å²) in [6, 6.07) is 12.6. The minimum absolute atomic E-state index is 0.449. The van der Waals surface area contributed by atoms with Gasteiger partial charge in [-0.15, -0.1) is 0 Å². The van der Waals surface area contributed by atoms with Gasteiger partial charge in [0, 0.05) is 9.79 Å². The van der Waals surface area contributed by atoms with Gasteiger partial charge < -0.3 is 5.73 Å². The molecule has 0 aliphatic carbocycles. The fraction of sp³-hybridized carbons (Fsp3) is 0.0769. The number of halogens is 1. The number of anilines is 1. The second-order valence-corrected chi connectivity index (χ2v) is 5.65. The van der Waals surface area contributed by atoms with E-state index in [4.69, 9.17) is 17.3 Å². The van der Waals surface area contributed by atoms with E-state index in [-0.39, 0.29) is 0 Å². The molecule has 2 aromatic carbocycles. The Morgan fingerprint density at radius 1 is 1.06 bits per heavy atom. The van der Waals surface area contributed by atoms with Crippen LogP contribution in [0, 0.1) is 6.92 Å². The third kappa shape index (κ3) is 2.68. The molecule has 0 radical (unpaired) electrons. The number of hydrogen-bond donors (Lipinski definition) is 1. The van der Waals surface area contributed by atoms with Crippen molar-refractivity contribution in [3.05, 3.63) is 53.1 Å². The summed E-state index contributed by atoms with van der Waals surface area (Å²) in [6.45, 7) is 1.99. The Morgan fingerprint density at radius 3 is 2.24 bits per heavy atom. The largest absolute Gasteiger partial charge is 0.397 e. The second kappa shape index (κ2) is 4.90. The van der Waals surface area contributed by atoms with E-state index in [0.29, 0.717) is 15.6 Å². The molecule has 88 valence electrons. The van der Waals surface area contributed by atoms with Crippen molar-refractivity contribution in [3.8, 4) is 0 Å². The van der Waals surface area contributed by atoms with Gasteiger partial charge in [-0.05, 0) is 37.3 Å². The summed E-state index contributed by atoms with van der Waals surface area (Å²) in [5, 5.41) is 0.481. The van der Waals surface area contributed by atoms with Gasteiger partial charge in [0.05, 0.1) is 21.5 Å². The number of nitrogens with two attached hydrogens (primary N) is 1. The van der Waals surface area contributed by atoms with E-state index in [1.54, 1.807) is 18.2 Å². The topological polar surface area (TPSA) is 43.1 Å². The van der Waals surface area contributed by atoms with E-state index >= 15 is 0 Å². The van der Waals surface area contributed by atoms with E-state index in [1.807, 2.05) is 31.2 Å². The first-order valence-electron chi connectivity index (χ1n) is 5.11.